The van der Waals surface area contributed by atoms with Crippen LogP contribution in [0, 0.1) is 0 Å². The van der Waals surface area contributed by atoms with Crippen LogP contribution in [0.3, 0.4) is 0 Å². The van der Waals surface area contributed by atoms with Crippen LogP contribution in [0.5, 0.6) is 0 Å². The largest absolute Gasteiger partial charge is 0.380 e. The number of rotatable bonds is 4. The number of anilines is 2. The van der Waals surface area contributed by atoms with Crippen molar-refractivity contribution in [3.05, 3.63) is 23.2 Å². The summed E-state index contributed by atoms with van der Waals surface area (Å²) in [6.45, 7) is 1.93. The smallest absolute Gasteiger partial charge is 0.229 e. The van der Waals surface area contributed by atoms with Gasteiger partial charge in [0.25, 0.3) is 0 Å². The maximum atomic E-state index is 11.2. The molecule has 3 N–H and O–H groups in total. The van der Waals surface area contributed by atoms with Gasteiger partial charge in [-0.2, -0.15) is 0 Å². The second-order valence-corrected chi connectivity index (χ2v) is 6.91. The van der Waals surface area contributed by atoms with E-state index < -0.39 is 10.0 Å². The molecule has 106 valence electrons. The standard InChI is InChI=1S/C12H18ClN3O2S/c1-19(17,18)16-9-4-5-11(13)12(7-9)15-10-3-2-6-14-8-10/h4-5,7,10,14-16H,2-3,6,8H2,1H3. The van der Waals surface area contributed by atoms with Gasteiger partial charge in [0.2, 0.25) is 10.0 Å². The van der Waals surface area contributed by atoms with Gasteiger partial charge in [0.05, 0.1) is 22.7 Å². The normalized spacial score (nSPS) is 20.0. The van der Waals surface area contributed by atoms with Crippen LogP contribution < -0.4 is 15.4 Å². The highest BCUT2D eigenvalue weighted by Gasteiger charge is 2.14. The predicted octanol–water partition coefficient (Wildman–Crippen LogP) is 1.88. The second kappa shape index (κ2) is 5.98. The molecule has 1 heterocycles. The fourth-order valence-electron chi connectivity index (χ4n) is 2.11. The first-order valence-electron chi connectivity index (χ1n) is 6.19. The summed E-state index contributed by atoms with van der Waals surface area (Å²) in [5, 5.41) is 7.24. The SMILES string of the molecule is CS(=O)(=O)Nc1ccc(Cl)c(NC2CCCNC2)c1. The monoisotopic (exact) mass is 303 g/mol. The Hall–Kier alpha value is -0.980. The van der Waals surface area contributed by atoms with Gasteiger partial charge < -0.3 is 10.6 Å². The Morgan fingerprint density at radius 2 is 2.21 bits per heavy atom. The minimum atomic E-state index is -3.27. The summed E-state index contributed by atoms with van der Waals surface area (Å²) in [4.78, 5) is 0. The molecule has 0 amide bonds. The summed E-state index contributed by atoms with van der Waals surface area (Å²) >= 11 is 6.13. The van der Waals surface area contributed by atoms with Crippen LogP contribution in [0.4, 0.5) is 11.4 Å². The van der Waals surface area contributed by atoms with Gasteiger partial charge in [-0.1, -0.05) is 11.6 Å². The molecule has 0 radical (unpaired) electrons. The van der Waals surface area contributed by atoms with E-state index in [-0.39, 0.29) is 0 Å². The van der Waals surface area contributed by atoms with E-state index in [4.69, 9.17) is 11.6 Å². The third-order valence-electron chi connectivity index (χ3n) is 2.93. The van der Waals surface area contributed by atoms with Crippen molar-refractivity contribution in [3.8, 4) is 0 Å². The van der Waals surface area contributed by atoms with Gasteiger partial charge >= 0.3 is 0 Å². The van der Waals surface area contributed by atoms with Crippen LogP contribution in [0.15, 0.2) is 18.2 Å². The van der Waals surface area contributed by atoms with Gasteiger partial charge in [0, 0.05) is 12.6 Å². The third-order valence-corrected chi connectivity index (χ3v) is 3.86. The molecule has 1 saturated heterocycles. The molecule has 1 fully saturated rings. The quantitative estimate of drug-likeness (QED) is 0.794. The van der Waals surface area contributed by atoms with Gasteiger partial charge in [0.15, 0.2) is 0 Å². The van der Waals surface area contributed by atoms with Crippen LogP contribution in [0.25, 0.3) is 0 Å². The maximum Gasteiger partial charge on any atom is 0.229 e. The lowest BCUT2D eigenvalue weighted by atomic mass is 10.1. The van der Waals surface area contributed by atoms with Gasteiger partial charge in [-0.25, -0.2) is 8.42 Å². The molecule has 0 aliphatic carbocycles. The van der Waals surface area contributed by atoms with E-state index in [0.717, 1.165) is 37.9 Å². The van der Waals surface area contributed by atoms with Crippen molar-refractivity contribution in [2.24, 2.45) is 0 Å². The Morgan fingerprint density at radius 1 is 1.42 bits per heavy atom. The molecule has 2 rings (SSSR count). The molecule has 0 spiro atoms. The van der Waals surface area contributed by atoms with Crippen molar-refractivity contribution in [1.82, 2.24) is 5.32 Å². The van der Waals surface area contributed by atoms with Crippen molar-refractivity contribution in [1.29, 1.82) is 0 Å². The fourth-order valence-corrected chi connectivity index (χ4v) is 2.84. The molecular formula is C12H18ClN3O2S. The highest BCUT2D eigenvalue weighted by molar-refractivity contribution is 7.92. The maximum absolute atomic E-state index is 11.2. The number of benzene rings is 1. The summed E-state index contributed by atoms with van der Waals surface area (Å²) in [6.07, 6.45) is 3.32. The van der Waals surface area contributed by atoms with E-state index in [9.17, 15) is 8.42 Å². The lowest BCUT2D eigenvalue weighted by Gasteiger charge is -2.25. The van der Waals surface area contributed by atoms with Gasteiger partial charge in [-0.3, -0.25) is 4.72 Å². The molecule has 1 atom stereocenters. The number of hydrogen-bond donors (Lipinski definition) is 3. The van der Waals surface area contributed by atoms with Crippen molar-refractivity contribution in [2.75, 3.05) is 29.4 Å². The minimum absolute atomic E-state index is 0.319. The third kappa shape index (κ3) is 4.56. The molecule has 0 aromatic heterocycles. The Bertz CT molecular complexity index is 542. The average molecular weight is 304 g/mol. The first-order chi connectivity index (χ1) is 8.94. The first-order valence-corrected chi connectivity index (χ1v) is 8.45. The highest BCUT2D eigenvalue weighted by Crippen LogP contribution is 2.27. The molecule has 19 heavy (non-hydrogen) atoms. The van der Waals surface area contributed by atoms with E-state index in [1.165, 1.54) is 0 Å². The summed E-state index contributed by atoms with van der Waals surface area (Å²) in [7, 11) is -3.27. The van der Waals surface area contributed by atoms with Crippen LogP contribution in [-0.2, 0) is 10.0 Å². The van der Waals surface area contributed by atoms with Gasteiger partial charge in [0.1, 0.15) is 0 Å². The zero-order valence-corrected chi connectivity index (χ0v) is 12.3. The van der Waals surface area contributed by atoms with E-state index in [1.807, 2.05) is 0 Å². The highest BCUT2D eigenvalue weighted by atomic mass is 35.5. The number of nitrogens with one attached hydrogen (secondary N) is 3. The van der Waals surface area contributed by atoms with Crippen LogP contribution in [0.2, 0.25) is 5.02 Å². The Balaban J connectivity index is 2.12. The number of halogens is 1. The molecule has 7 heteroatoms. The molecule has 1 aromatic rings. The van der Waals surface area contributed by atoms with Crippen molar-refractivity contribution < 1.29 is 8.42 Å². The lowest BCUT2D eigenvalue weighted by molar-refractivity contribution is 0.480. The van der Waals surface area contributed by atoms with Crippen molar-refractivity contribution in [3.63, 3.8) is 0 Å². The molecule has 1 unspecified atom stereocenters. The van der Waals surface area contributed by atoms with Crippen molar-refractivity contribution >= 4 is 33.0 Å². The van der Waals surface area contributed by atoms with Crippen molar-refractivity contribution in [2.45, 2.75) is 18.9 Å². The second-order valence-electron chi connectivity index (χ2n) is 4.76. The van der Waals surface area contributed by atoms with Gasteiger partial charge in [-0.15, -0.1) is 0 Å². The molecule has 5 nitrogen and oxygen atoms in total. The zero-order chi connectivity index (χ0) is 13.9. The summed E-state index contributed by atoms with van der Waals surface area (Å²) in [5.41, 5.74) is 1.27. The van der Waals surface area contributed by atoms with Crippen LogP contribution >= 0.6 is 11.6 Å². The lowest BCUT2D eigenvalue weighted by Crippen LogP contribution is -2.38. The Kier molecular flexibility index (Phi) is 4.54. The van der Waals surface area contributed by atoms with E-state index >= 15 is 0 Å². The minimum Gasteiger partial charge on any atom is -0.380 e. The first kappa shape index (κ1) is 14.4. The molecular weight excluding hydrogens is 286 g/mol. The van der Waals surface area contributed by atoms with E-state index in [1.54, 1.807) is 18.2 Å². The fraction of sp³-hybridized carbons (Fsp3) is 0.500. The Labute approximate surface area is 118 Å². The molecule has 1 aliphatic heterocycles. The molecule has 0 bridgehead atoms. The Morgan fingerprint density at radius 3 is 2.84 bits per heavy atom. The zero-order valence-electron chi connectivity index (χ0n) is 10.7. The topological polar surface area (TPSA) is 70.2 Å². The summed E-state index contributed by atoms with van der Waals surface area (Å²) < 4.78 is 24.9. The van der Waals surface area contributed by atoms with E-state index in [2.05, 4.69) is 15.4 Å². The van der Waals surface area contributed by atoms with Crippen LogP contribution in [-0.4, -0.2) is 33.8 Å². The molecule has 1 aromatic carbocycles. The molecule has 1 aliphatic rings. The number of sulfonamides is 1. The van der Waals surface area contributed by atoms with Gasteiger partial charge in [-0.05, 0) is 37.6 Å². The van der Waals surface area contributed by atoms with E-state index in [0.29, 0.717) is 16.8 Å². The molecule has 0 saturated carbocycles. The summed E-state index contributed by atoms with van der Waals surface area (Å²) in [5.74, 6) is 0. The number of piperidine rings is 1. The predicted molar refractivity (Wildman–Crippen MR) is 79.4 cm³/mol. The van der Waals surface area contributed by atoms with Crippen LogP contribution in [0.1, 0.15) is 12.8 Å². The average Bonchev–Trinajstić information content (AvgIpc) is 2.33. The number of hydrogen-bond acceptors (Lipinski definition) is 4. The summed E-state index contributed by atoms with van der Waals surface area (Å²) in [6, 6.07) is 5.37.